The zero-order valence-corrected chi connectivity index (χ0v) is 9.57. The van der Waals surface area contributed by atoms with E-state index in [1.54, 1.807) is 45.0 Å². The Morgan fingerprint density at radius 3 is 2.56 bits per heavy atom. The zero-order valence-electron chi connectivity index (χ0n) is 9.57. The molecule has 0 aliphatic carbocycles. The van der Waals surface area contributed by atoms with E-state index in [0.29, 0.717) is 11.3 Å². The third-order valence-electron chi connectivity index (χ3n) is 1.68. The molecule has 16 heavy (non-hydrogen) atoms. The molecule has 1 aromatic rings. The van der Waals surface area contributed by atoms with Gasteiger partial charge in [0.25, 0.3) is 0 Å². The van der Waals surface area contributed by atoms with E-state index in [4.69, 9.17) is 10.00 Å². The van der Waals surface area contributed by atoms with Crippen LogP contribution in [0.1, 0.15) is 26.3 Å². The quantitative estimate of drug-likeness (QED) is 0.788. The number of hydrogen-bond donors (Lipinski definition) is 1. The van der Waals surface area contributed by atoms with Crippen molar-refractivity contribution in [3.63, 3.8) is 0 Å². The first kappa shape index (κ1) is 12.1. The van der Waals surface area contributed by atoms with Gasteiger partial charge in [-0.15, -0.1) is 0 Å². The highest BCUT2D eigenvalue weighted by atomic mass is 16.6. The molecule has 0 radical (unpaired) electrons. The van der Waals surface area contributed by atoms with Gasteiger partial charge >= 0.3 is 6.09 Å². The minimum Gasteiger partial charge on any atom is -0.444 e. The summed E-state index contributed by atoms with van der Waals surface area (Å²) in [5.74, 6) is 0. The lowest BCUT2D eigenvalue weighted by atomic mass is 10.2. The Hall–Kier alpha value is -2.02. The maximum atomic E-state index is 11.5. The van der Waals surface area contributed by atoms with E-state index in [2.05, 4.69) is 5.32 Å². The van der Waals surface area contributed by atoms with Gasteiger partial charge in [0, 0.05) is 0 Å². The molecule has 4 heteroatoms. The molecule has 0 spiro atoms. The van der Waals surface area contributed by atoms with E-state index in [-0.39, 0.29) is 0 Å². The van der Waals surface area contributed by atoms with E-state index in [9.17, 15) is 4.79 Å². The molecule has 4 nitrogen and oxygen atoms in total. The number of ether oxygens (including phenoxy) is 1. The van der Waals surface area contributed by atoms with Crippen molar-refractivity contribution in [3.8, 4) is 6.07 Å². The maximum absolute atomic E-state index is 11.5. The molecule has 1 aromatic carbocycles. The summed E-state index contributed by atoms with van der Waals surface area (Å²) in [6, 6.07) is 8.76. The van der Waals surface area contributed by atoms with Gasteiger partial charge in [0.1, 0.15) is 11.7 Å². The minimum atomic E-state index is -0.560. The molecule has 0 saturated heterocycles. The molecule has 84 valence electrons. The van der Waals surface area contributed by atoms with Crippen LogP contribution in [0.4, 0.5) is 10.5 Å². The first-order valence-electron chi connectivity index (χ1n) is 4.91. The molecule has 0 bridgehead atoms. The largest absolute Gasteiger partial charge is 0.444 e. The summed E-state index contributed by atoms with van der Waals surface area (Å²) in [6.45, 7) is 5.34. The molecule has 0 aliphatic rings. The fraction of sp³-hybridized carbons (Fsp3) is 0.333. The fourth-order valence-electron chi connectivity index (χ4n) is 1.10. The average molecular weight is 218 g/mol. The SMILES string of the molecule is CC(C)(C)OC(=O)Nc1ccccc1C#N. The Morgan fingerprint density at radius 2 is 2.00 bits per heavy atom. The number of para-hydroxylation sites is 1. The molecule has 0 atom stereocenters. The van der Waals surface area contributed by atoms with Crippen LogP contribution >= 0.6 is 0 Å². The smallest absolute Gasteiger partial charge is 0.412 e. The molecular formula is C12H14N2O2. The number of nitriles is 1. The summed E-state index contributed by atoms with van der Waals surface area (Å²) in [5.41, 5.74) is 0.318. The summed E-state index contributed by atoms with van der Waals surface area (Å²) in [4.78, 5) is 11.5. The number of rotatable bonds is 1. The summed E-state index contributed by atoms with van der Waals surface area (Å²) >= 11 is 0. The van der Waals surface area contributed by atoms with Crippen LogP contribution in [0.5, 0.6) is 0 Å². The highest BCUT2D eigenvalue weighted by Crippen LogP contribution is 2.15. The highest BCUT2D eigenvalue weighted by Gasteiger charge is 2.16. The van der Waals surface area contributed by atoms with Gasteiger partial charge in [0.2, 0.25) is 0 Å². The second-order valence-electron chi connectivity index (χ2n) is 4.28. The van der Waals surface area contributed by atoms with E-state index in [0.717, 1.165) is 0 Å². The number of hydrogen-bond acceptors (Lipinski definition) is 3. The minimum absolute atomic E-state index is 0.411. The van der Waals surface area contributed by atoms with Gasteiger partial charge in [-0.05, 0) is 32.9 Å². The Bertz CT molecular complexity index is 427. The molecule has 1 rings (SSSR count). The Morgan fingerprint density at radius 1 is 1.38 bits per heavy atom. The lowest BCUT2D eigenvalue weighted by molar-refractivity contribution is 0.0636. The number of amides is 1. The molecule has 0 unspecified atom stereocenters. The highest BCUT2D eigenvalue weighted by molar-refractivity contribution is 5.86. The van der Waals surface area contributed by atoms with Crippen LogP contribution in [0.25, 0.3) is 0 Å². The summed E-state index contributed by atoms with van der Waals surface area (Å²) < 4.78 is 5.08. The van der Waals surface area contributed by atoms with Gasteiger partial charge in [-0.25, -0.2) is 4.79 Å². The summed E-state index contributed by atoms with van der Waals surface area (Å²) in [5, 5.41) is 11.4. The standard InChI is InChI=1S/C12H14N2O2/c1-12(2,3)16-11(15)14-10-7-5-4-6-9(10)8-13/h4-7H,1-3H3,(H,14,15). The number of carbonyl (C=O) groups is 1. The third-order valence-corrected chi connectivity index (χ3v) is 1.68. The van der Waals surface area contributed by atoms with Crippen LogP contribution in [-0.2, 0) is 4.74 Å². The van der Waals surface area contributed by atoms with Crippen molar-refractivity contribution in [2.24, 2.45) is 0 Å². The normalized spacial score (nSPS) is 10.4. The zero-order chi connectivity index (χ0) is 12.2. The van der Waals surface area contributed by atoms with Crippen molar-refractivity contribution in [1.82, 2.24) is 0 Å². The fourth-order valence-corrected chi connectivity index (χ4v) is 1.10. The van der Waals surface area contributed by atoms with E-state index < -0.39 is 11.7 Å². The molecular weight excluding hydrogens is 204 g/mol. The first-order chi connectivity index (χ1) is 7.42. The molecule has 1 amide bonds. The van der Waals surface area contributed by atoms with Gasteiger partial charge in [-0.3, -0.25) is 5.32 Å². The third kappa shape index (κ3) is 3.62. The Balaban J connectivity index is 2.75. The Kier molecular flexibility index (Phi) is 3.51. The van der Waals surface area contributed by atoms with Crippen LogP contribution < -0.4 is 5.32 Å². The van der Waals surface area contributed by atoms with Crippen LogP contribution in [-0.4, -0.2) is 11.7 Å². The predicted molar refractivity (Wildman–Crippen MR) is 61.0 cm³/mol. The van der Waals surface area contributed by atoms with Crippen molar-refractivity contribution in [2.75, 3.05) is 5.32 Å². The predicted octanol–water partition coefficient (Wildman–Crippen LogP) is 2.91. The van der Waals surface area contributed by atoms with Crippen LogP contribution in [0.3, 0.4) is 0 Å². The van der Waals surface area contributed by atoms with Gasteiger partial charge in [-0.1, -0.05) is 12.1 Å². The summed E-state index contributed by atoms with van der Waals surface area (Å²) in [7, 11) is 0. The monoisotopic (exact) mass is 218 g/mol. The molecule has 0 saturated carbocycles. The number of benzene rings is 1. The molecule has 1 N–H and O–H groups in total. The number of nitrogens with one attached hydrogen (secondary N) is 1. The van der Waals surface area contributed by atoms with Crippen molar-refractivity contribution in [2.45, 2.75) is 26.4 Å². The van der Waals surface area contributed by atoms with E-state index in [1.165, 1.54) is 0 Å². The second-order valence-corrected chi connectivity index (χ2v) is 4.28. The average Bonchev–Trinajstić information content (AvgIpc) is 2.15. The lowest BCUT2D eigenvalue weighted by Crippen LogP contribution is -2.27. The number of nitrogens with zero attached hydrogens (tertiary/aromatic N) is 1. The van der Waals surface area contributed by atoms with Crippen LogP contribution in [0.2, 0.25) is 0 Å². The van der Waals surface area contributed by atoms with Crippen LogP contribution in [0.15, 0.2) is 24.3 Å². The first-order valence-corrected chi connectivity index (χ1v) is 4.91. The van der Waals surface area contributed by atoms with Crippen LogP contribution in [0, 0.1) is 11.3 Å². The molecule has 0 aromatic heterocycles. The van der Waals surface area contributed by atoms with Gasteiger partial charge in [-0.2, -0.15) is 5.26 Å². The second kappa shape index (κ2) is 4.67. The van der Waals surface area contributed by atoms with Crippen molar-refractivity contribution < 1.29 is 9.53 Å². The molecule has 0 aliphatic heterocycles. The number of anilines is 1. The molecule has 0 heterocycles. The van der Waals surface area contributed by atoms with Gasteiger partial charge in [0.05, 0.1) is 11.3 Å². The number of carbonyl (C=O) groups excluding carboxylic acids is 1. The van der Waals surface area contributed by atoms with E-state index in [1.807, 2.05) is 6.07 Å². The topological polar surface area (TPSA) is 62.1 Å². The van der Waals surface area contributed by atoms with Crippen molar-refractivity contribution in [1.29, 1.82) is 5.26 Å². The van der Waals surface area contributed by atoms with Crippen molar-refractivity contribution in [3.05, 3.63) is 29.8 Å². The van der Waals surface area contributed by atoms with Gasteiger partial charge in [0.15, 0.2) is 0 Å². The van der Waals surface area contributed by atoms with Crippen molar-refractivity contribution >= 4 is 11.8 Å². The molecule has 0 fully saturated rings. The maximum Gasteiger partial charge on any atom is 0.412 e. The van der Waals surface area contributed by atoms with Gasteiger partial charge < -0.3 is 4.74 Å². The summed E-state index contributed by atoms with van der Waals surface area (Å²) in [6.07, 6.45) is -0.560. The Labute approximate surface area is 94.8 Å². The lowest BCUT2D eigenvalue weighted by Gasteiger charge is -2.19. The van der Waals surface area contributed by atoms with E-state index >= 15 is 0 Å².